The molecule has 0 bridgehead atoms. The Balaban J connectivity index is 4.42. The molecule has 0 rings (SSSR count). The van der Waals surface area contributed by atoms with Crippen LogP contribution in [0.15, 0.2) is 12.3 Å². The van der Waals surface area contributed by atoms with Crippen LogP contribution in [0.25, 0.3) is 0 Å². The Kier molecular flexibility index (Phi) is 5.31. The lowest BCUT2D eigenvalue weighted by Crippen LogP contribution is -2.24. The number of rotatable bonds is 5. The summed E-state index contributed by atoms with van der Waals surface area (Å²) in [5.74, 6) is 0.0994. The molecule has 0 heterocycles. The van der Waals surface area contributed by atoms with Gasteiger partial charge in [0.1, 0.15) is 0 Å². The van der Waals surface area contributed by atoms with Crippen molar-refractivity contribution in [1.82, 2.24) is 4.31 Å². The van der Waals surface area contributed by atoms with Crippen LogP contribution >= 0.6 is 0 Å². The van der Waals surface area contributed by atoms with Crippen molar-refractivity contribution in [1.29, 1.82) is 0 Å². The Morgan fingerprint density at radius 2 is 1.73 bits per heavy atom. The van der Waals surface area contributed by atoms with Crippen LogP contribution < -0.4 is 0 Å². The summed E-state index contributed by atoms with van der Waals surface area (Å²) < 4.78 is 23.3. The molecule has 0 aromatic heterocycles. The number of nitrogens with zero attached hydrogens (tertiary/aromatic N) is 1. The minimum Gasteiger partial charge on any atom is -0.392 e. The molecule has 0 saturated carbocycles. The lowest BCUT2D eigenvalue weighted by atomic mass is 9.95. The molecule has 0 saturated heterocycles. The van der Waals surface area contributed by atoms with E-state index in [2.05, 4.69) is 0 Å². The summed E-state index contributed by atoms with van der Waals surface area (Å²) in [6.45, 7) is 5.71. The van der Waals surface area contributed by atoms with Gasteiger partial charge in [-0.2, -0.15) is 0 Å². The average Bonchev–Trinajstić information content (AvgIpc) is 2.10. The summed E-state index contributed by atoms with van der Waals surface area (Å²) in [7, 11) is -1.71. The number of sulfonamides is 1. The molecule has 0 aromatic carbocycles. The van der Waals surface area contributed by atoms with Crippen LogP contribution in [0, 0.1) is 11.8 Å². The first kappa shape index (κ1) is 14.5. The first-order valence-corrected chi connectivity index (χ1v) is 6.80. The van der Waals surface area contributed by atoms with Gasteiger partial charge in [-0.05, 0) is 5.92 Å². The van der Waals surface area contributed by atoms with E-state index in [-0.39, 0.29) is 11.8 Å². The minimum atomic E-state index is -3.18. The molecule has 0 aliphatic carbocycles. The monoisotopic (exact) mass is 235 g/mol. The molecule has 1 N–H and O–H groups in total. The normalized spacial score (nSPS) is 17.0. The van der Waals surface area contributed by atoms with Gasteiger partial charge in [-0.15, -0.1) is 0 Å². The molecule has 5 heteroatoms. The predicted octanol–water partition coefficient (Wildman–Crippen LogP) is 1.04. The van der Waals surface area contributed by atoms with Crippen LogP contribution in [0.3, 0.4) is 0 Å². The first-order chi connectivity index (χ1) is 6.66. The van der Waals surface area contributed by atoms with E-state index in [0.29, 0.717) is 0 Å². The number of hydrogen-bond donors (Lipinski definition) is 1. The van der Waals surface area contributed by atoms with E-state index in [1.165, 1.54) is 13.2 Å². The van der Waals surface area contributed by atoms with Crippen molar-refractivity contribution in [2.75, 3.05) is 13.3 Å². The van der Waals surface area contributed by atoms with Crippen molar-refractivity contribution in [3.8, 4) is 0 Å². The van der Waals surface area contributed by atoms with Crippen LogP contribution in [0.5, 0.6) is 0 Å². The summed E-state index contributed by atoms with van der Waals surface area (Å²) in [6.07, 6.45) is 3.87. The van der Waals surface area contributed by atoms with Gasteiger partial charge < -0.3 is 5.11 Å². The Bertz CT molecular complexity index is 309. The molecule has 0 unspecified atom stereocenters. The van der Waals surface area contributed by atoms with E-state index in [1.54, 1.807) is 6.08 Å². The van der Waals surface area contributed by atoms with Crippen molar-refractivity contribution in [3.63, 3.8) is 0 Å². The highest BCUT2D eigenvalue weighted by Crippen LogP contribution is 2.13. The quantitative estimate of drug-likeness (QED) is 0.774. The van der Waals surface area contributed by atoms with Gasteiger partial charge in [-0.1, -0.05) is 26.8 Å². The minimum absolute atomic E-state index is 0.0609. The Morgan fingerprint density at radius 1 is 1.27 bits per heavy atom. The highest BCUT2D eigenvalue weighted by Gasteiger charge is 2.15. The number of hydrogen-bond acceptors (Lipinski definition) is 3. The fourth-order valence-electron chi connectivity index (χ4n) is 1.09. The van der Waals surface area contributed by atoms with E-state index >= 15 is 0 Å². The van der Waals surface area contributed by atoms with Gasteiger partial charge in [-0.25, -0.2) is 8.42 Å². The lowest BCUT2D eigenvalue weighted by molar-refractivity contribution is 0.0908. The zero-order chi connectivity index (χ0) is 12.2. The smallest absolute Gasteiger partial charge is 0.231 e. The fraction of sp³-hybridized carbons (Fsp3) is 0.800. The topological polar surface area (TPSA) is 57.6 Å². The van der Waals surface area contributed by atoms with Crippen molar-refractivity contribution >= 4 is 10.0 Å². The molecule has 0 aromatic rings. The molecule has 2 atom stereocenters. The second-order valence-corrected chi connectivity index (χ2v) is 6.26. The Labute approximate surface area is 92.6 Å². The van der Waals surface area contributed by atoms with E-state index < -0.39 is 16.1 Å². The summed E-state index contributed by atoms with van der Waals surface area (Å²) >= 11 is 0. The van der Waals surface area contributed by atoms with Crippen molar-refractivity contribution in [2.24, 2.45) is 11.8 Å². The van der Waals surface area contributed by atoms with Crippen LogP contribution in [-0.2, 0) is 10.0 Å². The van der Waals surface area contributed by atoms with E-state index in [4.69, 9.17) is 0 Å². The van der Waals surface area contributed by atoms with Gasteiger partial charge in [0.2, 0.25) is 10.0 Å². The maximum Gasteiger partial charge on any atom is 0.231 e. The third-order valence-electron chi connectivity index (χ3n) is 2.34. The average molecular weight is 235 g/mol. The van der Waals surface area contributed by atoms with Gasteiger partial charge in [-0.3, -0.25) is 4.31 Å². The molecule has 0 amide bonds. The third-order valence-corrected chi connectivity index (χ3v) is 3.51. The molecular weight excluding hydrogens is 214 g/mol. The molecule has 0 fully saturated rings. The largest absolute Gasteiger partial charge is 0.392 e. The van der Waals surface area contributed by atoms with Gasteiger partial charge in [0, 0.05) is 19.2 Å². The Hall–Kier alpha value is -0.550. The standard InChI is InChI=1S/C10H21NO3S/c1-8(2)10(12)9(3)6-7-11(4)15(5,13)14/h6-10,12H,1-5H3/b7-6-/t9-,10+/m1/s1. The highest BCUT2D eigenvalue weighted by molar-refractivity contribution is 7.88. The van der Waals surface area contributed by atoms with Crippen LogP contribution in [-0.4, -0.2) is 37.2 Å². The summed E-state index contributed by atoms with van der Waals surface area (Å²) in [5.41, 5.74) is 0. The molecule has 4 nitrogen and oxygen atoms in total. The Morgan fingerprint density at radius 3 is 2.07 bits per heavy atom. The lowest BCUT2D eigenvalue weighted by Gasteiger charge is -2.20. The summed E-state index contributed by atoms with van der Waals surface area (Å²) in [4.78, 5) is 0. The van der Waals surface area contributed by atoms with Gasteiger partial charge >= 0.3 is 0 Å². The number of aliphatic hydroxyl groups is 1. The van der Waals surface area contributed by atoms with Crippen molar-refractivity contribution in [2.45, 2.75) is 26.9 Å². The molecule has 90 valence electrons. The van der Waals surface area contributed by atoms with E-state index in [0.717, 1.165) is 10.6 Å². The van der Waals surface area contributed by atoms with Crippen molar-refractivity contribution in [3.05, 3.63) is 12.3 Å². The number of aliphatic hydroxyl groups excluding tert-OH is 1. The zero-order valence-electron chi connectivity index (χ0n) is 10.0. The van der Waals surface area contributed by atoms with Crippen LogP contribution in [0.4, 0.5) is 0 Å². The summed E-state index contributed by atoms with van der Waals surface area (Å²) in [5, 5.41) is 9.69. The van der Waals surface area contributed by atoms with Crippen LogP contribution in [0.1, 0.15) is 20.8 Å². The molecule has 0 spiro atoms. The van der Waals surface area contributed by atoms with Gasteiger partial charge in [0.25, 0.3) is 0 Å². The van der Waals surface area contributed by atoms with Crippen LogP contribution in [0.2, 0.25) is 0 Å². The molecule has 0 aliphatic rings. The predicted molar refractivity (Wildman–Crippen MR) is 61.8 cm³/mol. The van der Waals surface area contributed by atoms with Crippen molar-refractivity contribution < 1.29 is 13.5 Å². The fourth-order valence-corrected chi connectivity index (χ4v) is 1.38. The SMILES string of the molecule is CC(C)[C@H](O)[C@H](C)/C=C\N(C)S(C)(=O)=O. The van der Waals surface area contributed by atoms with Gasteiger partial charge in [0.15, 0.2) is 0 Å². The molecule has 15 heavy (non-hydrogen) atoms. The highest BCUT2D eigenvalue weighted by atomic mass is 32.2. The zero-order valence-corrected chi connectivity index (χ0v) is 10.8. The maximum atomic E-state index is 11.1. The second kappa shape index (κ2) is 5.51. The molecule has 0 radical (unpaired) electrons. The summed E-state index contributed by atoms with van der Waals surface area (Å²) in [6, 6.07) is 0. The van der Waals surface area contributed by atoms with E-state index in [9.17, 15) is 13.5 Å². The van der Waals surface area contributed by atoms with Gasteiger partial charge in [0.05, 0.1) is 12.4 Å². The molecular formula is C10H21NO3S. The second-order valence-electron chi connectivity index (χ2n) is 4.21. The maximum absolute atomic E-state index is 11.1. The third kappa shape index (κ3) is 5.18. The van der Waals surface area contributed by atoms with E-state index in [1.807, 2.05) is 20.8 Å². The first-order valence-electron chi connectivity index (χ1n) is 4.95. The molecule has 0 aliphatic heterocycles.